The molecule has 2 fully saturated rings. The Morgan fingerprint density at radius 1 is 1.35 bits per heavy atom. The summed E-state index contributed by atoms with van der Waals surface area (Å²) >= 11 is 0. The Labute approximate surface area is 123 Å². The van der Waals surface area contributed by atoms with Gasteiger partial charge in [0.25, 0.3) is 0 Å². The molecule has 0 aromatic carbocycles. The number of nitrogens with zero attached hydrogens (tertiary/aromatic N) is 1. The number of likely N-dealkylation sites (N-methyl/N-ethyl adjacent to an activating group) is 1. The molecular weight excluding hydrogens is 250 g/mol. The van der Waals surface area contributed by atoms with Gasteiger partial charge < -0.3 is 16.0 Å². The van der Waals surface area contributed by atoms with Crippen LogP contribution in [0.2, 0.25) is 0 Å². The van der Waals surface area contributed by atoms with Gasteiger partial charge in [-0.2, -0.15) is 0 Å². The average molecular weight is 281 g/mol. The van der Waals surface area contributed by atoms with Crippen LogP contribution >= 0.6 is 0 Å². The lowest BCUT2D eigenvalue weighted by Crippen LogP contribution is -2.56. The number of amides is 1. The van der Waals surface area contributed by atoms with Crippen LogP contribution in [0.25, 0.3) is 0 Å². The first-order chi connectivity index (χ1) is 9.62. The number of nitrogens with two attached hydrogens (primary N) is 1. The molecule has 0 aromatic rings. The van der Waals surface area contributed by atoms with Gasteiger partial charge in [-0.15, -0.1) is 0 Å². The van der Waals surface area contributed by atoms with Gasteiger partial charge in [0.2, 0.25) is 5.91 Å². The Balaban J connectivity index is 1.88. The van der Waals surface area contributed by atoms with Crippen LogP contribution in [-0.2, 0) is 4.79 Å². The summed E-state index contributed by atoms with van der Waals surface area (Å²) in [4.78, 5) is 14.5. The van der Waals surface area contributed by atoms with E-state index in [4.69, 9.17) is 5.73 Å². The molecule has 3 N–H and O–H groups in total. The molecular formula is C16H31N3O. The number of nitrogens with one attached hydrogen (secondary N) is 1. The van der Waals surface area contributed by atoms with Crippen molar-refractivity contribution in [2.45, 2.75) is 57.4 Å². The highest BCUT2D eigenvalue weighted by molar-refractivity contribution is 5.85. The van der Waals surface area contributed by atoms with Gasteiger partial charge in [-0.25, -0.2) is 0 Å². The van der Waals surface area contributed by atoms with Gasteiger partial charge in [0.15, 0.2) is 0 Å². The maximum Gasteiger partial charge on any atom is 0.238 e. The van der Waals surface area contributed by atoms with E-state index < -0.39 is 5.54 Å². The molecule has 20 heavy (non-hydrogen) atoms. The minimum absolute atomic E-state index is 0.160. The predicted molar refractivity (Wildman–Crippen MR) is 82.4 cm³/mol. The van der Waals surface area contributed by atoms with Gasteiger partial charge in [-0.3, -0.25) is 4.79 Å². The topological polar surface area (TPSA) is 58.4 Å². The smallest absolute Gasteiger partial charge is 0.238 e. The summed E-state index contributed by atoms with van der Waals surface area (Å²) in [5.74, 6) is 1.19. The number of rotatable bonds is 9. The molecule has 4 heteroatoms. The van der Waals surface area contributed by atoms with E-state index in [-0.39, 0.29) is 5.91 Å². The summed E-state index contributed by atoms with van der Waals surface area (Å²) in [6.45, 7) is 5.80. The lowest BCUT2D eigenvalue weighted by atomic mass is 9.84. The Hall–Kier alpha value is -0.610. The molecule has 2 unspecified atom stereocenters. The molecule has 0 saturated heterocycles. The van der Waals surface area contributed by atoms with E-state index >= 15 is 0 Å². The molecule has 0 spiro atoms. The molecule has 0 heterocycles. The Morgan fingerprint density at radius 3 is 2.65 bits per heavy atom. The summed E-state index contributed by atoms with van der Waals surface area (Å²) < 4.78 is 0. The molecule has 2 atom stereocenters. The van der Waals surface area contributed by atoms with Crippen LogP contribution in [0.4, 0.5) is 0 Å². The molecule has 0 radical (unpaired) electrons. The van der Waals surface area contributed by atoms with Crippen molar-refractivity contribution < 1.29 is 4.79 Å². The second-order valence-electron chi connectivity index (χ2n) is 6.71. The third-order valence-electron chi connectivity index (χ3n) is 5.25. The lowest BCUT2D eigenvalue weighted by molar-refractivity contribution is -0.125. The molecule has 2 rings (SSSR count). The first-order valence-electron chi connectivity index (χ1n) is 8.33. The lowest BCUT2D eigenvalue weighted by Gasteiger charge is -2.33. The highest BCUT2D eigenvalue weighted by atomic mass is 16.1. The second kappa shape index (κ2) is 6.90. The van der Waals surface area contributed by atoms with Crippen molar-refractivity contribution in [1.82, 2.24) is 10.2 Å². The number of primary amides is 1. The predicted octanol–water partition coefficient (Wildman–Crippen LogP) is 1.74. The molecule has 4 nitrogen and oxygen atoms in total. The van der Waals surface area contributed by atoms with Crippen LogP contribution in [0, 0.1) is 11.8 Å². The molecule has 0 bridgehead atoms. The third kappa shape index (κ3) is 3.53. The van der Waals surface area contributed by atoms with Gasteiger partial charge in [0.1, 0.15) is 5.54 Å². The number of hydrogen-bond acceptors (Lipinski definition) is 3. The van der Waals surface area contributed by atoms with Crippen LogP contribution in [0.1, 0.15) is 51.9 Å². The zero-order chi connectivity index (χ0) is 14.6. The first kappa shape index (κ1) is 15.8. The minimum Gasteiger partial charge on any atom is -0.368 e. The highest BCUT2D eigenvalue weighted by Gasteiger charge is 2.46. The number of hydrogen-bond donors (Lipinski definition) is 2. The van der Waals surface area contributed by atoms with Crippen LogP contribution in [0.15, 0.2) is 0 Å². The monoisotopic (exact) mass is 281 g/mol. The molecule has 1 amide bonds. The highest BCUT2D eigenvalue weighted by Crippen LogP contribution is 2.38. The van der Waals surface area contributed by atoms with E-state index in [0.717, 1.165) is 38.1 Å². The maximum atomic E-state index is 11.9. The van der Waals surface area contributed by atoms with Crippen molar-refractivity contribution in [2.75, 3.05) is 26.7 Å². The molecule has 2 aliphatic rings. The first-order valence-corrected chi connectivity index (χ1v) is 8.33. The maximum absolute atomic E-state index is 11.9. The Kier molecular flexibility index (Phi) is 5.44. The molecule has 2 aliphatic carbocycles. The van der Waals surface area contributed by atoms with Crippen LogP contribution in [-0.4, -0.2) is 43.0 Å². The van der Waals surface area contributed by atoms with Gasteiger partial charge in [0.05, 0.1) is 0 Å². The van der Waals surface area contributed by atoms with E-state index in [1.807, 2.05) is 7.05 Å². The SMILES string of the molecule is CCCN(CCC1CCCC1(NC)C(N)=O)CC1CC1. The van der Waals surface area contributed by atoms with Crippen LogP contribution in [0.3, 0.4) is 0 Å². The average Bonchev–Trinajstić information content (AvgIpc) is 3.13. The van der Waals surface area contributed by atoms with Crippen molar-refractivity contribution in [3.8, 4) is 0 Å². The standard InChI is InChI=1S/C16H31N3O/c1-3-10-19(12-13-6-7-13)11-8-14-5-4-9-16(14,18-2)15(17)20/h13-14,18H,3-12H2,1-2H3,(H2,17,20). The summed E-state index contributed by atoms with van der Waals surface area (Å²) in [5.41, 5.74) is 5.23. The molecule has 116 valence electrons. The van der Waals surface area contributed by atoms with Crippen LogP contribution in [0.5, 0.6) is 0 Å². The zero-order valence-electron chi connectivity index (χ0n) is 13.2. The van der Waals surface area contributed by atoms with E-state index in [9.17, 15) is 4.79 Å². The third-order valence-corrected chi connectivity index (χ3v) is 5.25. The summed E-state index contributed by atoms with van der Waals surface area (Å²) in [5, 5.41) is 3.24. The van der Waals surface area contributed by atoms with Crippen LogP contribution < -0.4 is 11.1 Å². The molecule has 0 aromatic heterocycles. The van der Waals surface area contributed by atoms with E-state index in [1.165, 1.54) is 32.4 Å². The van der Waals surface area contributed by atoms with E-state index in [1.54, 1.807) is 0 Å². The largest absolute Gasteiger partial charge is 0.368 e. The summed E-state index contributed by atoms with van der Waals surface area (Å²) in [6.07, 6.45) is 8.27. The van der Waals surface area contributed by atoms with Crippen molar-refractivity contribution in [3.05, 3.63) is 0 Å². The number of carbonyl (C=O) groups is 1. The Morgan fingerprint density at radius 2 is 2.10 bits per heavy atom. The van der Waals surface area contributed by atoms with Crippen molar-refractivity contribution in [2.24, 2.45) is 17.6 Å². The van der Waals surface area contributed by atoms with Crippen molar-refractivity contribution >= 4 is 5.91 Å². The minimum atomic E-state index is -0.447. The summed E-state index contributed by atoms with van der Waals surface area (Å²) in [7, 11) is 1.89. The fourth-order valence-corrected chi connectivity index (χ4v) is 3.86. The van der Waals surface area contributed by atoms with Crippen molar-refractivity contribution in [1.29, 1.82) is 0 Å². The second-order valence-corrected chi connectivity index (χ2v) is 6.71. The fourth-order valence-electron chi connectivity index (χ4n) is 3.86. The zero-order valence-corrected chi connectivity index (χ0v) is 13.2. The van der Waals surface area contributed by atoms with E-state index in [0.29, 0.717) is 5.92 Å². The fraction of sp³-hybridized carbons (Fsp3) is 0.938. The van der Waals surface area contributed by atoms with Crippen molar-refractivity contribution in [3.63, 3.8) is 0 Å². The molecule has 2 saturated carbocycles. The molecule has 0 aliphatic heterocycles. The quantitative estimate of drug-likeness (QED) is 0.677. The number of carbonyl (C=O) groups excluding carboxylic acids is 1. The van der Waals surface area contributed by atoms with E-state index in [2.05, 4.69) is 17.1 Å². The van der Waals surface area contributed by atoms with Gasteiger partial charge in [-0.05, 0) is 70.5 Å². The summed E-state index contributed by atoms with van der Waals surface area (Å²) in [6, 6.07) is 0. The van der Waals surface area contributed by atoms with Gasteiger partial charge in [0, 0.05) is 6.54 Å². The van der Waals surface area contributed by atoms with Gasteiger partial charge >= 0.3 is 0 Å². The van der Waals surface area contributed by atoms with Gasteiger partial charge in [-0.1, -0.05) is 13.3 Å². The Bertz CT molecular complexity index is 330. The normalized spacial score (nSPS) is 30.1.